The maximum absolute atomic E-state index is 12.7. The molecule has 0 saturated carbocycles. The molecule has 0 aliphatic heterocycles. The Morgan fingerprint density at radius 2 is 1.68 bits per heavy atom. The Morgan fingerprint density at radius 1 is 1.09 bits per heavy atom. The molecule has 0 spiro atoms. The van der Waals surface area contributed by atoms with Gasteiger partial charge in [-0.15, -0.1) is 0 Å². The van der Waals surface area contributed by atoms with Crippen LogP contribution in [0.2, 0.25) is 0 Å². The van der Waals surface area contributed by atoms with Crippen LogP contribution >= 0.6 is 0 Å². The first-order valence-electron chi connectivity index (χ1n) is 7.81. The second-order valence-corrected chi connectivity index (χ2v) is 6.79. The molecule has 0 saturated heterocycles. The van der Waals surface area contributed by atoms with Crippen molar-refractivity contribution < 1.29 is 19.3 Å². The van der Waals surface area contributed by atoms with E-state index in [-0.39, 0.29) is 5.92 Å². The molecule has 1 unspecified atom stereocenters. The number of ether oxygens (including phenoxy) is 1. The molecule has 0 radical (unpaired) electrons. The highest BCUT2D eigenvalue weighted by Crippen LogP contribution is 2.36. The Balaban J connectivity index is 3.26. The predicted octanol–water partition coefficient (Wildman–Crippen LogP) is 4.24. The molecule has 1 atom stereocenters. The zero-order valence-electron chi connectivity index (χ0n) is 14.5. The van der Waals surface area contributed by atoms with E-state index in [1.807, 2.05) is 65.0 Å². The molecule has 1 rings (SSSR count). The van der Waals surface area contributed by atoms with E-state index in [4.69, 9.17) is 14.5 Å². The minimum atomic E-state index is -1.25. The third kappa shape index (κ3) is 5.11. The molecule has 0 amide bonds. The Labute approximate surface area is 133 Å². The highest BCUT2D eigenvalue weighted by atomic mass is 17.2. The summed E-state index contributed by atoms with van der Waals surface area (Å²) in [6, 6.07) is 9.39. The summed E-state index contributed by atoms with van der Waals surface area (Å²) in [5.74, 6) is -0.188. The summed E-state index contributed by atoms with van der Waals surface area (Å²) in [6.45, 7) is 11.8. The molecule has 4 heteroatoms. The summed E-state index contributed by atoms with van der Waals surface area (Å²) in [7, 11) is 0. The van der Waals surface area contributed by atoms with E-state index < -0.39 is 17.2 Å². The molecule has 0 aliphatic carbocycles. The zero-order chi connectivity index (χ0) is 16.8. The largest absolute Gasteiger partial charge is 0.463 e. The van der Waals surface area contributed by atoms with Gasteiger partial charge in [0.05, 0.1) is 12.2 Å². The Hall–Kier alpha value is -1.39. The maximum Gasteiger partial charge on any atom is 0.346 e. The van der Waals surface area contributed by atoms with Gasteiger partial charge in [-0.3, -0.25) is 0 Å². The zero-order valence-corrected chi connectivity index (χ0v) is 14.5. The fourth-order valence-electron chi connectivity index (χ4n) is 2.16. The molecule has 4 nitrogen and oxygen atoms in total. The second kappa shape index (κ2) is 7.75. The van der Waals surface area contributed by atoms with Gasteiger partial charge < -0.3 is 4.74 Å². The van der Waals surface area contributed by atoms with E-state index in [1.54, 1.807) is 6.92 Å². The fourth-order valence-corrected chi connectivity index (χ4v) is 2.16. The summed E-state index contributed by atoms with van der Waals surface area (Å²) in [4.78, 5) is 23.9. The van der Waals surface area contributed by atoms with Crippen molar-refractivity contribution in [3.05, 3.63) is 35.9 Å². The van der Waals surface area contributed by atoms with Gasteiger partial charge in [-0.2, -0.15) is 0 Å². The number of carbonyl (C=O) groups is 1. The lowest BCUT2D eigenvalue weighted by atomic mass is 9.85. The van der Waals surface area contributed by atoms with E-state index in [1.165, 1.54) is 0 Å². The van der Waals surface area contributed by atoms with Gasteiger partial charge in [0, 0.05) is 0 Å². The molecule has 0 aliphatic rings. The van der Waals surface area contributed by atoms with Crippen LogP contribution in [0.5, 0.6) is 0 Å². The average molecular weight is 308 g/mol. The van der Waals surface area contributed by atoms with Crippen LogP contribution in [0.3, 0.4) is 0 Å². The maximum atomic E-state index is 12.7. The van der Waals surface area contributed by atoms with E-state index in [9.17, 15) is 4.79 Å². The summed E-state index contributed by atoms with van der Waals surface area (Å²) in [6.07, 6.45) is 0.478. The van der Waals surface area contributed by atoms with Crippen LogP contribution in [0.15, 0.2) is 30.3 Å². The van der Waals surface area contributed by atoms with Crippen molar-refractivity contribution in [1.82, 2.24) is 0 Å². The average Bonchev–Trinajstić information content (AvgIpc) is 2.43. The highest BCUT2D eigenvalue weighted by molar-refractivity contribution is 5.81. The van der Waals surface area contributed by atoms with Crippen molar-refractivity contribution >= 4 is 5.97 Å². The van der Waals surface area contributed by atoms with E-state index in [0.29, 0.717) is 13.0 Å². The van der Waals surface area contributed by atoms with Gasteiger partial charge in [0.1, 0.15) is 0 Å². The molecule has 0 heterocycles. The lowest BCUT2D eigenvalue weighted by Gasteiger charge is -2.34. The van der Waals surface area contributed by atoms with Crippen LogP contribution < -0.4 is 0 Å². The summed E-state index contributed by atoms with van der Waals surface area (Å²) in [5.41, 5.74) is -1.03. The second-order valence-electron chi connectivity index (χ2n) is 6.79. The first-order chi connectivity index (χ1) is 10.2. The van der Waals surface area contributed by atoms with Gasteiger partial charge in [-0.25, -0.2) is 14.6 Å². The first-order valence-corrected chi connectivity index (χ1v) is 7.81. The van der Waals surface area contributed by atoms with Crippen LogP contribution in [-0.2, 0) is 24.9 Å². The van der Waals surface area contributed by atoms with E-state index in [2.05, 4.69) is 0 Å². The Kier molecular flexibility index (Phi) is 6.57. The number of hydrogen-bond acceptors (Lipinski definition) is 4. The topological polar surface area (TPSA) is 44.8 Å². The van der Waals surface area contributed by atoms with Crippen molar-refractivity contribution in [2.24, 2.45) is 5.92 Å². The van der Waals surface area contributed by atoms with Gasteiger partial charge in [0.2, 0.25) is 5.60 Å². The number of rotatable bonds is 7. The van der Waals surface area contributed by atoms with E-state index >= 15 is 0 Å². The molecule has 124 valence electrons. The quantitative estimate of drug-likeness (QED) is 0.429. The number of carbonyl (C=O) groups excluding carboxylic acids is 1. The van der Waals surface area contributed by atoms with Crippen LogP contribution in [0, 0.1) is 5.92 Å². The highest BCUT2D eigenvalue weighted by Gasteiger charge is 2.46. The predicted molar refractivity (Wildman–Crippen MR) is 86.1 cm³/mol. The van der Waals surface area contributed by atoms with Crippen LogP contribution in [0.4, 0.5) is 0 Å². The van der Waals surface area contributed by atoms with Crippen molar-refractivity contribution in [3.63, 3.8) is 0 Å². The van der Waals surface area contributed by atoms with Crippen LogP contribution in [0.25, 0.3) is 0 Å². The third-order valence-electron chi connectivity index (χ3n) is 2.97. The fraction of sp³-hybridized carbons (Fsp3) is 0.611. The van der Waals surface area contributed by atoms with Crippen molar-refractivity contribution in [3.8, 4) is 0 Å². The lowest BCUT2D eigenvalue weighted by Crippen LogP contribution is -2.43. The SMILES string of the molecule is CCOC(=O)C(CC(C)C)(OOC(C)(C)C)c1ccccc1. The smallest absolute Gasteiger partial charge is 0.346 e. The van der Waals surface area contributed by atoms with Gasteiger partial charge in [0.25, 0.3) is 0 Å². The number of hydrogen-bond donors (Lipinski definition) is 0. The standard InChI is InChI=1S/C18H28O4/c1-7-20-16(19)18(13-14(2)3,22-21-17(4,5)6)15-11-9-8-10-12-15/h8-12,14H,7,13H2,1-6H3. The van der Waals surface area contributed by atoms with Gasteiger partial charge in [0.15, 0.2) is 0 Å². The minimum Gasteiger partial charge on any atom is -0.463 e. The van der Waals surface area contributed by atoms with Crippen LogP contribution in [0.1, 0.15) is 53.5 Å². The molecule has 0 bridgehead atoms. The number of benzene rings is 1. The monoisotopic (exact) mass is 308 g/mol. The van der Waals surface area contributed by atoms with Gasteiger partial charge in [-0.1, -0.05) is 44.2 Å². The van der Waals surface area contributed by atoms with Gasteiger partial charge >= 0.3 is 5.97 Å². The minimum absolute atomic E-state index is 0.230. The molecule has 1 aromatic rings. The Morgan fingerprint density at radius 3 is 2.14 bits per heavy atom. The molecule has 0 fully saturated rings. The van der Waals surface area contributed by atoms with E-state index in [0.717, 1.165) is 5.56 Å². The molecular formula is C18H28O4. The summed E-state index contributed by atoms with van der Waals surface area (Å²) < 4.78 is 5.28. The first kappa shape index (κ1) is 18.7. The third-order valence-corrected chi connectivity index (χ3v) is 2.97. The Bertz CT molecular complexity index is 462. The lowest BCUT2D eigenvalue weighted by molar-refractivity contribution is -0.404. The molecule has 1 aromatic carbocycles. The van der Waals surface area contributed by atoms with Crippen LogP contribution in [-0.4, -0.2) is 18.2 Å². The van der Waals surface area contributed by atoms with Crippen molar-refractivity contribution in [2.75, 3.05) is 6.61 Å². The van der Waals surface area contributed by atoms with Crippen molar-refractivity contribution in [2.45, 2.75) is 59.2 Å². The van der Waals surface area contributed by atoms with Gasteiger partial charge in [-0.05, 0) is 45.6 Å². The molecule has 0 N–H and O–H groups in total. The number of esters is 1. The summed E-state index contributed by atoms with van der Waals surface area (Å²) in [5, 5.41) is 0. The molecule has 22 heavy (non-hydrogen) atoms. The van der Waals surface area contributed by atoms with Crippen molar-refractivity contribution in [1.29, 1.82) is 0 Å². The molecular weight excluding hydrogens is 280 g/mol. The normalized spacial score (nSPS) is 14.7. The summed E-state index contributed by atoms with van der Waals surface area (Å²) >= 11 is 0. The molecule has 0 aromatic heterocycles.